The normalized spacial score (nSPS) is 9.64. The van der Waals surface area contributed by atoms with Crippen molar-refractivity contribution in [1.82, 2.24) is 10.6 Å². The Labute approximate surface area is 133 Å². The monoisotopic (exact) mass is 313 g/mol. The van der Waals surface area contributed by atoms with Crippen molar-refractivity contribution in [3.8, 4) is 11.5 Å². The second kappa shape index (κ2) is 7.24. The van der Waals surface area contributed by atoms with Gasteiger partial charge in [-0.25, -0.2) is 0 Å². The molecule has 2 aromatic carbocycles. The number of nitrogen functional groups attached to an aromatic ring is 1. The van der Waals surface area contributed by atoms with E-state index in [0.717, 1.165) is 0 Å². The summed E-state index contributed by atoms with van der Waals surface area (Å²) in [5.74, 6) is 0.756. The van der Waals surface area contributed by atoms with Gasteiger partial charge in [-0.3, -0.25) is 10.1 Å². The largest absolute Gasteiger partial charge is 0.457 e. The fraction of sp³-hybridized carbons (Fsp3) is 0. The highest BCUT2D eigenvalue weighted by Crippen LogP contribution is 2.24. The van der Waals surface area contributed by atoms with Crippen molar-refractivity contribution in [2.24, 2.45) is 0 Å². The molecule has 22 heavy (non-hydrogen) atoms. The molecule has 0 aliphatic rings. The third kappa shape index (κ3) is 4.07. The van der Waals surface area contributed by atoms with Gasteiger partial charge in [-0.15, -0.1) is 0 Å². The van der Waals surface area contributed by atoms with Gasteiger partial charge in [0.1, 0.15) is 11.5 Å². The van der Waals surface area contributed by atoms with Gasteiger partial charge in [0.05, 0.1) is 5.56 Å². The predicted molar refractivity (Wildman–Crippen MR) is 90.8 cm³/mol. The number of benzene rings is 2. The highest BCUT2D eigenvalue weighted by molar-refractivity contribution is 7.80. The minimum absolute atomic E-state index is 0.147. The third-order valence-electron chi connectivity index (χ3n) is 2.71. The molecule has 0 unspecified atom stereocenters. The molecule has 0 aromatic heterocycles. The second-order valence-corrected chi connectivity index (χ2v) is 4.70. The van der Waals surface area contributed by atoms with Gasteiger partial charge in [-0.05, 0) is 48.7 Å². The number of hydrogen-bond acceptors (Lipinski definition) is 4. The quantitative estimate of drug-likeness (QED) is 0.598. The van der Waals surface area contributed by atoms with Crippen LogP contribution in [0.5, 0.6) is 11.5 Å². The molecular weight excluding hydrogens is 298 g/mol. The summed E-state index contributed by atoms with van der Waals surface area (Å²) in [6.45, 7) is 3.46. The highest BCUT2D eigenvalue weighted by atomic mass is 32.1. The lowest BCUT2D eigenvalue weighted by Crippen LogP contribution is -2.36. The number of nitrogens with one attached hydrogen (secondary N) is 2. The minimum atomic E-state index is -0.421. The van der Waals surface area contributed by atoms with Crippen LogP contribution in [-0.4, -0.2) is 11.0 Å². The van der Waals surface area contributed by atoms with Gasteiger partial charge in [-0.1, -0.05) is 24.8 Å². The third-order valence-corrected chi connectivity index (χ3v) is 2.93. The Balaban J connectivity index is 2.18. The summed E-state index contributed by atoms with van der Waals surface area (Å²) < 4.78 is 5.68. The van der Waals surface area contributed by atoms with Crippen LogP contribution in [0, 0.1) is 0 Å². The number of thiocarbonyl (C=S) groups is 1. The Morgan fingerprint density at radius 1 is 1.18 bits per heavy atom. The Kier molecular flexibility index (Phi) is 5.11. The van der Waals surface area contributed by atoms with Crippen LogP contribution in [-0.2, 0) is 0 Å². The highest BCUT2D eigenvalue weighted by Gasteiger charge is 2.12. The van der Waals surface area contributed by atoms with E-state index in [2.05, 4.69) is 17.2 Å². The van der Waals surface area contributed by atoms with Crippen molar-refractivity contribution in [3.05, 3.63) is 66.9 Å². The van der Waals surface area contributed by atoms with Crippen molar-refractivity contribution < 1.29 is 9.53 Å². The van der Waals surface area contributed by atoms with E-state index >= 15 is 0 Å². The molecule has 2 rings (SSSR count). The lowest BCUT2D eigenvalue weighted by molar-refractivity contribution is 0.0977. The summed E-state index contributed by atoms with van der Waals surface area (Å²) in [4.78, 5) is 12.1. The molecule has 0 saturated heterocycles. The van der Waals surface area contributed by atoms with Crippen LogP contribution in [0.4, 0.5) is 5.69 Å². The fourth-order valence-electron chi connectivity index (χ4n) is 1.72. The molecule has 0 spiro atoms. The SMILES string of the molecule is C=CNC(=S)NC(=O)c1cc(Oc2ccccc2)ccc1N. The molecule has 0 fully saturated rings. The molecule has 0 bridgehead atoms. The first kappa shape index (κ1) is 15.5. The van der Waals surface area contributed by atoms with E-state index in [1.165, 1.54) is 6.20 Å². The maximum absolute atomic E-state index is 12.1. The first-order valence-electron chi connectivity index (χ1n) is 6.45. The van der Waals surface area contributed by atoms with Crippen LogP contribution < -0.4 is 21.1 Å². The standard InChI is InChI=1S/C16H15N3O2S/c1-2-18-16(22)19-15(20)13-10-12(8-9-14(13)17)21-11-6-4-3-5-7-11/h2-10H,1,17H2,(H2,18,19,20,22). The molecule has 2 aromatic rings. The number of ether oxygens (including phenoxy) is 1. The maximum atomic E-state index is 12.1. The molecular formula is C16H15N3O2S. The van der Waals surface area contributed by atoms with Gasteiger partial charge in [0.2, 0.25) is 0 Å². The van der Waals surface area contributed by atoms with Crippen molar-refractivity contribution in [2.45, 2.75) is 0 Å². The van der Waals surface area contributed by atoms with Crippen molar-refractivity contribution >= 4 is 28.9 Å². The van der Waals surface area contributed by atoms with Crippen molar-refractivity contribution in [3.63, 3.8) is 0 Å². The smallest absolute Gasteiger partial charge is 0.259 e. The number of hydrogen-bond donors (Lipinski definition) is 3. The van der Waals surface area contributed by atoms with Gasteiger partial charge in [0.25, 0.3) is 5.91 Å². The van der Waals surface area contributed by atoms with Crippen LogP contribution >= 0.6 is 12.2 Å². The molecule has 0 aliphatic heterocycles. The number of carbonyl (C=O) groups excluding carboxylic acids is 1. The molecule has 1 amide bonds. The Bertz CT molecular complexity index is 702. The summed E-state index contributed by atoms with van der Waals surface area (Å²) in [6, 6.07) is 14.1. The average Bonchev–Trinajstić information content (AvgIpc) is 2.50. The molecule has 0 saturated carbocycles. The van der Waals surface area contributed by atoms with E-state index in [0.29, 0.717) is 17.2 Å². The lowest BCUT2D eigenvalue weighted by atomic mass is 10.1. The average molecular weight is 313 g/mol. The number of carbonyl (C=O) groups is 1. The van der Waals surface area contributed by atoms with Crippen LogP contribution in [0.2, 0.25) is 0 Å². The molecule has 6 heteroatoms. The zero-order valence-electron chi connectivity index (χ0n) is 11.7. The molecule has 0 heterocycles. The summed E-state index contributed by atoms with van der Waals surface area (Å²) >= 11 is 4.92. The maximum Gasteiger partial charge on any atom is 0.259 e. The van der Waals surface area contributed by atoms with Crippen LogP contribution in [0.3, 0.4) is 0 Å². The lowest BCUT2D eigenvalue weighted by Gasteiger charge is -2.11. The summed E-state index contributed by atoms with van der Waals surface area (Å²) in [7, 11) is 0. The van der Waals surface area contributed by atoms with Gasteiger partial charge in [0.15, 0.2) is 5.11 Å². The van der Waals surface area contributed by atoms with Crippen LogP contribution in [0.1, 0.15) is 10.4 Å². The van der Waals surface area contributed by atoms with Crippen LogP contribution in [0.25, 0.3) is 0 Å². The van der Waals surface area contributed by atoms with Gasteiger partial charge in [-0.2, -0.15) is 0 Å². The van der Waals surface area contributed by atoms with E-state index in [4.69, 9.17) is 22.7 Å². The molecule has 5 nitrogen and oxygen atoms in total. The topological polar surface area (TPSA) is 76.4 Å². The van der Waals surface area contributed by atoms with Crippen molar-refractivity contribution in [2.75, 3.05) is 5.73 Å². The Hall–Kier alpha value is -2.86. The first-order valence-corrected chi connectivity index (χ1v) is 6.86. The first-order chi connectivity index (χ1) is 10.6. The molecule has 0 aliphatic carbocycles. The Morgan fingerprint density at radius 2 is 1.91 bits per heavy atom. The molecule has 0 radical (unpaired) electrons. The van der Waals surface area contributed by atoms with E-state index < -0.39 is 5.91 Å². The van der Waals surface area contributed by atoms with Gasteiger partial charge in [0, 0.05) is 5.69 Å². The summed E-state index contributed by atoms with van der Waals surface area (Å²) in [5, 5.41) is 5.26. The molecule has 0 atom stereocenters. The van der Waals surface area contributed by atoms with E-state index in [-0.39, 0.29) is 10.7 Å². The molecule has 112 valence electrons. The minimum Gasteiger partial charge on any atom is -0.457 e. The zero-order valence-corrected chi connectivity index (χ0v) is 12.5. The predicted octanol–water partition coefficient (Wildman–Crippen LogP) is 2.81. The van der Waals surface area contributed by atoms with Crippen molar-refractivity contribution in [1.29, 1.82) is 0 Å². The van der Waals surface area contributed by atoms with Gasteiger partial charge < -0.3 is 15.8 Å². The van der Waals surface area contributed by atoms with E-state index in [1.54, 1.807) is 18.2 Å². The fourth-order valence-corrected chi connectivity index (χ4v) is 1.90. The van der Waals surface area contributed by atoms with Crippen LogP contribution in [0.15, 0.2) is 61.3 Å². The number of rotatable bonds is 4. The summed E-state index contributed by atoms with van der Waals surface area (Å²) in [5.41, 5.74) is 6.45. The van der Waals surface area contributed by atoms with E-state index in [9.17, 15) is 4.79 Å². The second-order valence-electron chi connectivity index (χ2n) is 4.30. The van der Waals surface area contributed by atoms with E-state index in [1.807, 2.05) is 30.3 Å². The zero-order chi connectivity index (χ0) is 15.9. The van der Waals surface area contributed by atoms with Gasteiger partial charge >= 0.3 is 0 Å². The number of nitrogens with two attached hydrogens (primary N) is 1. The number of para-hydroxylation sites is 1. The number of anilines is 1. The molecule has 4 N–H and O–H groups in total. The number of amides is 1. The summed E-state index contributed by atoms with van der Waals surface area (Å²) in [6.07, 6.45) is 1.38. The Morgan fingerprint density at radius 3 is 2.59 bits per heavy atom.